The summed E-state index contributed by atoms with van der Waals surface area (Å²) < 4.78 is 5.34. The van der Waals surface area contributed by atoms with Crippen molar-refractivity contribution in [1.29, 1.82) is 0 Å². The van der Waals surface area contributed by atoms with Gasteiger partial charge < -0.3 is 20.3 Å². The molecule has 0 spiro atoms. The molecule has 1 heterocycles. The first kappa shape index (κ1) is 24.0. The van der Waals surface area contributed by atoms with E-state index in [4.69, 9.17) is 16.3 Å². The number of para-hydroxylation sites is 1. The van der Waals surface area contributed by atoms with Gasteiger partial charge in [-0.2, -0.15) is 0 Å². The lowest BCUT2D eigenvalue weighted by atomic mass is 10.1. The van der Waals surface area contributed by atoms with Crippen LogP contribution in [-0.2, 0) is 9.59 Å². The van der Waals surface area contributed by atoms with Crippen molar-refractivity contribution in [2.75, 3.05) is 50.5 Å². The second-order valence-corrected chi connectivity index (χ2v) is 9.13. The molecule has 0 atom stereocenters. The molecule has 34 heavy (non-hydrogen) atoms. The van der Waals surface area contributed by atoms with Crippen LogP contribution in [0.15, 0.2) is 36.4 Å². The van der Waals surface area contributed by atoms with E-state index in [1.165, 1.54) is 7.11 Å². The number of benzene rings is 2. The third-order valence-electron chi connectivity index (χ3n) is 6.15. The third kappa shape index (κ3) is 5.69. The number of rotatable bonds is 7. The fourth-order valence-corrected chi connectivity index (χ4v) is 4.17. The predicted molar refractivity (Wildman–Crippen MR) is 132 cm³/mol. The first-order valence-corrected chi connectivity index (χ1v) is 11.8. The number of aryl methyl sites for hydroxylation is 1. The molecular formula is C25H29ClN4O4. The summed E-state index contributed by atoms with van der Waals surface area (Å²) in [4.78, 5) is 41.9. The average Bonchev–Trinajstić information content (AvgIpc) is 3.67. The highest BCUT2D eigenvalue weighted by Crippen LogP contribution is 2.32. The number of hydrogen-bond acceptors (Lipinski definition) is 5. The molecule has 0 aromatic heterocycles. The van der Waals surface area contributed by atoms with Gasteiger partial charge in [-0.1, -0.05) is 23.7 Å². The summed E-state index contributed by atoms with van der Waals surface area (Å²) >= 11 is 6.16. The maximum absolute atomic E-state index is 13.0. The van der Waals surface area contributed by atoms with Crippen LogP contribution in [0.2, 0.25) is 5.02 Å². The number of hydrogen-bond donors (Lipinski definition) is 2. The zero-order valence-electron chi connectivity index (χ0n) is 19.4. The molecule has 1 aliphatic carbocycles. The first-order chi connectivity index (χ1) is 16.4. The van der Waals surface area contributed by atoms with Crippen LogP contribution in [0.1, 0.15) is 28.8 Å². The molecular weight excluding hydrogens is 456 g/mol. The normalized spacial score (nSPS) is 16.1. The first-order valence-electron chi connectivity index (χ1n) is 11.4. The molecule has 180 valence electrons. The Morgan fingerprint density at radius 1 is 1.03 bits per heavy atom. The molecule has 2 aromatic carbocycles. The van der Waals surface area contributed by atoms with E-state index in [0.717, 1.165) is 18.4 Å². The Kier molecular flexibility index (Phi) is 7.38. The van der Waals surface area contributed by atoms with Gasteiger partial charge in [-0.3, -0.25) is 19.3 Å². The number of carbonyl (C=O) groups excluding carboxylic acids is 3. The van der Waals surface area contributed by atoms with Gasteiger partial charge in [0.25, 0.3) is 5.91 Å². The molecule has 2 N–H and O–H groups in total. The summed E-state index contributed by atoms with van der Waals surface area (Å²) in [7, 11) is 1.51. The number of ether oxygens (including phenoxy) is 1. The van der Waals surface area contributed by atoms with Gasteiger partial charge >= 0.3 is 0 Å². The number of amides is 3. The van der Waals surface area contributed by atoms with Gasteiger partial charge in [0.2, 0.25) is 11.8 Å². The zero-order chi connectivity index (χ0) is 24.2. The van der Waals surface area contributed by atoms with Crippen LogP contribution >= 0.6 is 11.6 Å². The van der Waals surface area contributed by atoms with Crippen molar-refractivity contribution in [2.24, 2.45) is 5.92 Å². The van der Waals surface area contributed by atoms with Gasteiger partial charge in [0.05, 0.1) is 30.6 Å². The Hall–Kier alpha value is -3.10. The van der Waals surface area contributed by atoms with Crippen molar-refractivity contribution in [2.45, 2.75) is 19.8 Å². The van der Waals surface area contributed by atoms with E-state index in [1.54, 1.807) is 36.4 Å². The Bertz CT molecular complexity index is 1090. The average molecular weight is 485 g/mol. The van der Waals surface area contributed by atoms with Crippen LogP contribution in [0.4, 0.5) is 11.4 Å². The van der Waals surface area contributed by atoms with Gasteiger partial charge in [-0.25, -0.2) is 0 Å². The molecule has 1 saturated heterocycles. The van der Waals surface area contributed by atoms with Gasteiger partial charge in [-0.15, -0.1) is 0 Å². The molecule has 9 heteroatoms. The lowest BCUT2D eigenvalue weighted by molar-refractivity contribution is -0.134. The Labute approximate surface area is 204 Å². The number of methoxy groups -OCH3 is 1. The quantitative estimate of drug-likeness (QED) is 0.628. The van der Waals surface area contributed by atoms with Crippen molar-refractivity contribution in [3.8, 4) is 5.75 Å². The summed E-state index contributed by atoms with van der Waals surface area (Å²) in [6, 6.07) is 10.3. The third-order valence-corrected chi connectivity index (χ3v) is 6.56. The Morgan fingerprint density at radius 3 is 2.41 bits per heavy atom. The van der Waals surface area contributed by atoms with E-state index < -0.39 is 0 Å². The molecule has 3 amide bonds. The molecule has 0 unspecified atom stereocenters. The minimum Gasteiger partial charge on any atom is -0.495 e. The van der Waals surface area contributed by atoms with Crippen LogP contribution in [-0.4, -0.2) is 67.4 Å². The lowest BCUT2D eigenvalue weighted by Gasteiger charge is -2.34. The Balaban J connectivity index is 1.37. The fraction of sp³-hybridized carbons (Fsp3) is 0.400. The second kappa shape index (κ2) is 10.4. The summed E-state index contributed by atoms with van der Waals surface area (Å²) in [5.74, 6) is 0.334. The lowest BCUT2D eigenvalue weighted by Crippen LogP contribution is -2.50. The summed E-state index contributed by atoms with van der Waals surface area (Å²) in [6.45, 7) is 4.64. The molecule has 8 nitrogen and oxygen atoms in total. The van der Waals surface area contributed by atoms with Crippen molar-refractivity contribution in [3.63, 3.8) is 0 Å². The molecule has 2 aliphatic rings. The van der Waals surface area contributed by atoms with Crippen LogP contribution < -0.4 is 15.4 Å². The number of carbonyl (C=O) groups is 3. The Morgan fingerprint density at radius 2 is 1.74 bits per heavy atom. The van der Waals surface area contributed by atoms with E-state index in [1.807, 2.05) is 16.7 Å². The van der Waals surface area contributed by atoms with Crippen LogP contribution in [0.5, 0.6) is 5.75 Å². The van der Waals surface area contributed by atoms with Crippen LogP contribution in [0.25, 0.3) is 0 Å². The number of nitrogens with zero attached hydrogens (tertiary/aromatic N) is 2. The standard InChI is InChI=1S/C25H29ClN4O4/c1-16-13-21(22(34-2)14-19(16)26)28-24(32)18-5-3-4-6-20(18)27-23(31)15-29-9-11-30(12-10-29)25(33)17-7-8-17/h3-6,13-14,17H,7-12,15H2,1-2H3,(H,27,31)(H,28,32). The highest BCUT2D eigenvalue weighted by atomic mass is 35.5. The number of halogens is 1. The zero-order valence-corrected chi connectivity index (χ0v) is 20.2. The molecule has 0 bridgehead atoms. The van der Waals surface area contributed by atoms with Crippen LogP contribution in [0.3, 0.4) is 0 Å². The van der Waals surface area contributed by atoms with Gasteiger partial charge in [-0.05, 0) is 43.5 Å². The van der Waals surface area contributed by atoms with E-state index in [2.05, 4.69) is 10.6 Å². The van der Waals surface area contributed by atoms with Crippen molar-refractivity contribution >= 4 is 40.7 Å². The van der Waals surface area contributed by atoms with Gasteiger partial charge in [0, 0.05) is 43.2 Å². The molecule has 2 fully saturated rings. The van der Waals surface area contributed by atoms with Crippen molar-refractivity contribution in [1.82, 2.24) is 9.80 Å². The van der Waals surface area contributed by atoms with Crippen LogP contribution in [0, 0.1) is 12.8 Å². The topological polar surface area (TPSA) is 91.0 Å². The smallest absolute Gasteiger partial charge is 0.257 e. The molecule has 1 saturated carbocycles. The minimum absolute atomic E-state index is 0.200. The summed E-state index contributed by atoms with van der Waals surface area (Å²) in [6.07, 6.45) is 2.00. The molecule has 0 radical (unpaired) electrons. The van der Waals surface area contributed by atoms with Crippen molar-refractivity contribution in [3.05, 3.63) is 52.5 Å². The maximum atomic E-state index is 13.0. The van der Waals surface area contributed by atoms with E-state index in [-0.39, 0.29) is 30.2 Å². The van der Waals surface area contributed by atoms with Crippen molar-refractivity contribution < 1.29 is 19.1 Å². The van der Waals surface area contributed by atoms with Gasteiger partial charge in [0.15, 0.2) is 0 Å². The summed E-state index contributed by atoms with van der Waals surface area (Å²) in [5.41, 5.74) is 2.06. The SMILES string of the molecule is COc1cc(Cl)c(C)cc1NC(=O)c1ccccc1NC(=O)CN1CCN(C(=O)C2CC2)CC1. The maximum Gasteiger partial charge on any atom is 0.257 e. The molecule has 4 rings (SSSR count). The second-order valence-electron chi connectivity index (χ2n) is 8.73. The number of nitrogens with one attached hydrogen (secondary N) is 2. The number of piperazine rings is 1. The number of anilines is 2. The monoisotopic (exact) mass is 484 g/mol. The minimum atomic E-state index is -0.372. The van der Waals surface area contributed by atoms with E-state index in [0.29, 0.717) is 53.9 Å². The highest BCUT2D eigenvalue weighted by Gasteiger charge is 2.34. The van der Waals surface area contributed by atoms with E-state index in [9.17, 15) is 14.4 Å². The highest BCUT2D eigenvalue weighted by molar-refractivity contribution is 6.31. The summed E-state index contributed by atoms with van der Waals surface area (Å²) in [5, 5.41) is 6.25. The molecule has 1 aliphatic heterocycles. The molecule has 2 aromatic rings. The van der Waals surface area contributed by atoms with Gasteiger partial charge in [0.1, 0.15) is 5.75 Å². The predicted octanol–water partition coefficient (Wildman–Crippen LogP) is 3.40. The largest absolute Gasteiger partial charge is 0.495 e. The van der Waals surface area contributed by atoms with E-state index >= 15 is 0 Å². The fourth-order valence-electron chi connectivity index (χ4n) is 4.02.